The first-order valence-corrected chi connectivity index (χ1v) is 9.71. The van der Waals surface area contributed by atoms with Gasteiger partial charge in [0.1, 0.15) is 5.82 Å². The average Bonchev–Trinajstić information content (AvgIpc) is 3.16. The van der Waals surface area contributed by atoms with E-state index in [9.17, 15) is 0 Å². The lowest BCUT2D eigenvalue weighted by molar-refractivity contribution is 0.0693. The third kappa shape index (κ3) is 2.87. The van der Waals surface area contributed by atoms with Crippen LogP contribution in [-0.4, -0.2) is 64.0 Å². The normalized spacial score (nSPS) is 22.3. The molecule has 146 valence electrons. The maximum atomic E-state index is 6.27. The lowest BCUT2D eigenvalue weighted by atomic mass is 10.0. The van der Waals surface area contributed by atoms with Gasteiger partial charge in [0.2, 0.25) is 0 Å². The highest BCUT2D eigenvalue weighted by Gasteiger charge is 2.28. The van der Waals surface area contributed by atoms with Gasteiger partial charge in [0.15, 0.2) is 17.0 Å². The van der Waals surface area contributed by atoms with Crippen LogP contribution in [0.15, 0.2) is 24.5 Å². The number of nitrogens with one attached hydrogen (secondary N) is 1. The lowest BCUT2D eigenvalue weighted by Crippen LogP contribution is -2.52. The Labute approximate surface area is 162 Å². The van der Waals surface area contributed by atoms with E-state index in [0.29, 0.717) is 18.9 Å². The predicted molar refractivity (Wildman–Crippen MR) is 107 cm³/mol. The summed E-state index contributed by atoms with van der Waals surface area (Å²) in [6.45, 7) is 2.20. The number of pyridine rings is 1. The van der Waals surface area contributed by atoms with E-state index >= 15 is 0 Å². The summed E-state index contributed by atoms with van der Waals surface area (Å²) in [4.78, 5) is 18.2. The molecule has 0 spiro atoms. The van der Waals surface area contributed by atoms with E-state index in [-0.39, 0.29) is 12.1 Å². The summed E-state index contributed by atoms with van der Waals surface area (Å²) in [6.07, 6.45) is 6.50. The van der Waals surface area contributed by atoms with Crippen molar-refractivity contribution in [3.05, 3.63) is 30.2 Å². The molecule has 0 saturated carbocycles. The van der Waals surface area contributed by atoms with Crippen molar-refractivity contribution in [2.75, 3.05) is 36.6 Å². The number of aromatic nitrogens is 5. The van der Waals surface area contributed by atoms with Gasteiger partial charge in [-0.2, -0.15) is 5.10 Å². The summed E-state index contributed by atoms with van der Waals surface area (Å²) in [7, 11) is 1.99. The van der Waals surface area contributed by atoms with Crippen molar-refractivity contribution in [3.8, 4) is 0 Å². The molecule has 1 saturated heterocycles. The van der Waals surface area contributed by atoms with Crippen LogP contribution in [0.4, 0.5) is 17.3 Å². The molecule has 0 bridgehead atoms. The van der Waals surface area contributed by atoms with Crippen molar-refractivity contribution < 1.29 is 4.74 Å². The second kappa shape index (κ2) is 6.99. The molecular weight excluding hydrogens is 356 g/mol. The maximum absolute atomic E-state index is 6.27. The van der Waals surface area contributed by atoms with Gasteiger partial charge in [0, 0.05) is 32.4 Å². The highest BCUT2D eigenvalue weighted by molar-refractivity contribution is 5.87. The average molecular weight is 380 g/mol. The number of fused-ring (bicyclic) bond motifs is 2. The Morgan fingerprint density at radius 3 is 3.18 bits per heavy atom. The van der Waals surface area contributed by atoms with Crippen LogP contribution in [0.5, 0.6) is 0 Å². The molecule has 9 nitrogen and oxygen atoms in total. The van der Waals surface area contributed by atoms with Crippen molar-refractivity contribution in [3.63, 3.8) is 0 Å². The highest BCUT2D eigenvalue weighted by atomic mass is 16.5. The third-order valence-corrected chi connectivity index (χ3v) is 5.68. The minimum atomic E-state index is 0.0610. The molecule has 3 N–H and O–H groups in total. The fourth-order valence-corrected chi connectivity index (χ4v) is 4.06. The molecule has 2 atom stereocenters. The number of rotatable bonds is 3. The van der Waals surface area contributed by atoms with E-state index in [1.165, 1.54) is 0 Å². The van der Waals surface area contributed by atoms with Gasteiger partial charge in [0.25, 0.3) is 0 Å². The van der Waals surface area contributed by atoms with E-state index in [1.807, 2.05) is 19.3 Å². The van der Waals surface area contributed by atoms with Crippen LogP contribution in [0.3, 0.4) is 0 Å². The van der Waals surface area contributed by atoms with Gasteiger partial charge >= 0.3 is 0 Å². The zero-order valence-corrected chi connectivity index (χ0v) is 15.9. The largest absolute Gasteiger partial charge is 0.379 e. The predicted octanol–water partition coefficient (Wildman–Crippen LogP) is 1.38. The first-order chi connectivity index (χ1) is 13.7. The van der Waals surface area contributed by atoms with Crippen LogP contribution in [0.2, 0.25) is 0 Å². The first-order valence-electron chi connectivity index (χ1n) is 9.71. The molecule has 0 aliphatic carbocycles. The molecule has 3 aromatic heterocycles. The number of nitrogens with zero attached hydrogens (tertiary/aromatic N) is 6. The fourth-order valence-electron chi connectivity index (χ4n) is 4.06. The maximum Gasteiger partial charge on any atom is 0.183 e. The van der Waals surface area contributed by atoms with Gasteiger partial charge in [0.05, 0.1) is 30.2 Å². The molecule has 0 unspecified atom stereocenters. The molecule has 0 aromatic carbocycles. The van der Waals surface area contributed by atoms with Gasteiger partial charge in [-0.15, -0.1) is 0 Å². The van der Waals surface area contributed by atoms with Gasteiger partial charge in [-0.1, -0.05) is 0 Å². The highest BCUT2D eigenvalue weighted by Crippen LogP contribution is 2.34. The molecule has 0 amide bonds. The molecule has 2 aliphatic rings. The van der Waals surface area contributed by atoms with Crippen molar-refractivity contribution in [1.29, 1.82) is 0 Å². The van der Waals surface area contributed by atoms with Crippen molar-refractivity contribution in [2.45, 2.75) is 31.3 Å². The van der Waals surface area contributed by atoms with Crippen molar-refractivity contribution in [2.24, 2.45) is 5.73 Å². The quantitative estimate of drug-likeness (QED) is 0.701. The monoisotopic (exact) mass is 380 g/mol. The summed E-state index contributed by atoms with van der Waals surface area (Å²) in [6, 6.07) is 4.19. The third-order valence-electron chi connectivity index (χ3n) is 5.68. The molecule has 3 aromatic rings. The smallest absolute Gasteiger partial charge is 0.183 e. The standard InChI is InChI=1S/C19H24N8O/c1-26(15-11-28-9-6-12(15)20)16-10-22-17-18(23-16)24-25-19(17)27-8-3-4-13-14(27)5-2-7-21-13/h2,5,7,10,12,15H,3-4,6,8-9,11,20H2,1H3,(H,23,24,25)/t12-,15+/m0/s1. The van der Waals surface area contributed by atoms with Gasteiger partial charge in [-0.3, -0.25) is 10.1 Å². The molecule has 9 heteroatoms. The summed E-state index contributed by atoms with van der Waals surface area (Å²) < 4.78 is 5.60. The minimum absolute atomic E-state index is 0.0610. The summed E-state index contributed by atoms with van der Waals surface area (Å²) in [5.74, 6) is 1.55. The van der Waals surface area contributed by atoms with Gasteiger partial charge in [-0.25, -0.2) is 9.97 Å². The summed E-state index contributed by atoms with van der Waals surface area (Å²) >= 11 is 0. The Bertz CT molecular complexity index is 989. The Hall–Kier alpha value is -2.78. The zero-order valence-electron chi connectivity index (χ0n) is 15.9. The molecule has 0 radical (unpaired) electrons. The van der Waals surface area contributed by atoms with Crippen LogP contribution in [0.25, 0.3) is 11.2 Å². The number of hydrogen-bond acceptors (Lipinski definition) is 8. The Balaban J connectivity index is 1.48. The Morgan fingerprint density at radius 1 is 1.36 bits per heavy atom. The molecule has 1 fully saturated rings. The van der Waals surface area contributed by atoms with Gasteiger partial charge in [-0.05, 0) is 31.4 Å². The second-order valence-corrected chi connectivity index (χ2v) is 7.40. The number of aromatic amines is 1. The summed E-state index contributed by atoms with van der Waals surface area (Å²) in [5, 5.41) is 7.58. The first kappa shape index (κ1) is 17.3. The second-order valence-electron chi connectivity index (χ2n) is 7.40. The SMILES string of the molecule is CN(c1cnc2c(N3CCCc4ncccc43)n[nH]c2n1)[C@@H]1COCC[C@@H]1N. The van der Waals surface area contributed by atoms with E-state index in [1.54, 1.807) is 6.20 Å². The number of hydrogen-bond donors (Lipinski definition) is 2. The molecule has 5 heterocycles. The van der Waals surface area contributed by atoms with Crippen molar-refractivity contribution in [1.82, 2.24) is 25.1 Å². The zero-order chi connectivity index (χ0) is 19.1. The number of ether oxygens (including phenoxy) is 1. The van der Waals surface area contributed by atoms with E-state index in [0.717, 1.165) is 54.3 Å². The molecule has 28 heavy (non-hydrogen) atoms. The van der Waals surface area contributed by atoms with Gasteiger partial charge < -0.3 is 20.3 Å². The molecular formula is C19H24N8O. The van der Waals surface area contributed by atoms with E-state index in [4.69, 9.17) is 15.5 Å². The topological polar surface area (TPSA) is 109 Å². The lowest BCUT2D eigenvalue weighted by Gasteiger charge is -2.36. The number of aryl methyl sites for hydroxylation is 1. The number of H-pyrrole nitrogens is 1. The minimum Gasteiger partial charge on any atom is -0.379 e. The number of likely N-dealkylation sites (N-methyl/N-ethyl adjacent to an activating group) is 1. The van der Waals surface area contributed by atoms with Crippen LogP contribution in [-0.2, 0) is 11.2 Å². The summed E-state index contributed by atoms with van der Waals surface area (Å²) in [5.41, 5.74) is 9.89. The van der Waals surface area contributed by atoms with Crippen LogP contribution < -0.4 is 15.5 Å². The molecule has 5 rings (SSSR count). The van der Waals surface area contributed by atoms with Crippen LogP contribution >= 0.6 is 0 Å². The van der Waals surface area contributed by atoms with E-state index < -0.39 is 0 Å². The van der Waals surface area contributed by atoms with Crippen LogP contribution in [0, 0.1) is 0 Å². The van der Waals surface area contributed by atoms with E-state index in [2.05, 4.69) is 36.0 Å². The van der Waals surface area contributed by atoms with Crippen molar-refractivity contribution >= 4 is 28.5 Å². The Morgan fingerprint density at radius 2 is 2.29 bits per heavy atom. The Kier molecular flexibility index (Phi) is 4.33. The molecule has 2 aliphatic heterocycles. The number of anilines is 3. The van der Waals surface area contributed by atoms with Crippen LogP contribution in [0.1, 0.15) is 18.5 Å². The fraction of sp³-hybridized carbons (Fsp3) is 0.474. The number of nitrogens with two attached hydrogens (primary N) is 1.